The summed E-state index contributed by atoms with van der Waals surface area (Å²) < 4.78 is 16.7. The second-order valence-electron chi connectivity index (χ2n) is 11.2. The monoisotopic (exact) mass is 478 g/mol. The molecule has 0 bridgehead atoms. The second kappa shape index (κ2) is 12.0. The molecule has 0 saturated heterocycles. The molecule has 0 saturated carbocycles. The van der Waals surface area contributed by atoms with Gasteiger partial charge in [0.25, 0.3) is 0 Å². The van der Waals surface area contributed by atoms with E-state index in [0.717, 1.165) is 37.5 Å². The van der Waals surface area contributed by atoms with Crippen molar-refractivity contribution in [2.24, 2.45) is 16.2 Å². The van der Waals surface area contributed by atoms with Gasteiger partial charge in [0.2, 0.25) is 0 Å². The summed E-state index contributed by atoms with van der Waals surface area (Å²) in [5.41, 5.74) is -0.461. The van der Waals surface area contributed by atoms with Crippen LogP contribution in [0.4, 0.5) is 0 Å². The number of carbonyl (C=O) groups excluding carboxylic acids is 1. The van der Waals surface area contributed by atoms with Crippen LogP contribution in [-0.2, 0) is 9.53 Å². The standard InChI is InChI=1S/C27H40O5.H3P/c1-25(2,3)19-27(7,26(4,5)6)24(29)31-17-11-9-8-10-16-30-21-14-12-20-13-15-23(28)32-22(20)18-21;/h12-15,18H,8-11,16-17,19H2,1-7H3;1H3. The van der Waals surface area contributed by atoms with Gasteiger partial charge in [-0.1, -0.05) is 41.5 Å². The Morgan fingerprint density at radius 2 is 1.48 bits per heavy atom. The molecule has 0 amide bonds. The summed E-state index contributed by atoms with van der Waals surface area (Å²) in [6.07, 6.45) is 4.53. The van der Waals surface area contributed by atoms with Crippen molar-refractivity contribution in [3.05, 3.63) is 40.8 Å². The Kier molecular flexibility index (Phi) is 10.6. The third-order valence-corrected chi connectivity index (χ3v) is 6.12. The molecule has 0 N–H and O–H groups in total. The van der Waals surface area contributed by atoms with Crippen LogP contribution in [0.2, 0.25) is 0 Å². The van der Waals surface area contributed by atoms with Crippen LogP contribution in [0.25, 0.3) is 11.0 Å². The SMILES string of the molecule is CC(C)(C)CC(C)(C(=O)OCCCCCCOc1ccc2ccc(=O)oc2c1)C(C)(C)C.P. The number of ether oxygens (including phenoxy) is 2. The highest BCUT2D eigenvalue weighted by molar-refractivity contribution is 6.92. The van der Waals surface area contributed by atoms with E-state index < -0.39 is 5.41 Å². The first-order chi connectivity index (χ1) is 14.8. The first-order valence-electron chi connectivity index (χ1n) is 11.7. The van der Waals surface area contributed by atoms with Crippen molar-refractivity contribution in [3.63, 3.8) is 0 Å². The van der Waals surface area contributed by atoms with Crippen molar-refractivity contribution in [2.45, 2.75) is 80.6 Å². The van der Waals surface area contributed by atoms with Gasteiger partial charge in [0.1, 0.15) is 11.3 Å². The number of esters is 1. The van der Waals surface area contributed by atoms with Crippen LogP contribution >= 0.6 is 9.90 Å². The average Bonchev–Trinajstić information content (AvgIpc) is 2.67. The van der Waals surface area contributed by atoms with E-state index in [1.807, 2.05) is 19.1 Å². The molecule has 0 aliphatic heterocycles. The first-order valence-corrected chi connectivity index (χ1v) is 11.7. The molecular formula is C27H43O5P. The van der Waals surface area contributed by atoms with E-state index in [9.17, 15) is 9.59 Å². The van der Waals surface area contributed by atoms with E-state index in [0.29, 0.717) is 24.5 Å². The summed E-state index contributed by atoms with van der Waals surface area (Å²) in [4.78, 5) is 24.3. The molecule has 1 heterocycles. The molecule has 0 fully saturated rings. The summed E-state index contributed by atoms with van der Waals surface area (Å²) in [7, 11) is 0. The van der Waals surface area contributed by atoms with Gasteiger partial charge >= 0.3 is 11.6 Å². The van der Waals surface area contributed by atoms with Crippen LogP contribution in [0, 0.1) is 16.2 Å². The fourth-order valence-corrected chi connectivity index (χ4v) is 3.91. The highest BCUT2D eigenvalue weighted by Gasteiger charge is 2.47. The number of carbonyl (C=O) groups is 1. The largest absolute Gasteiger partial charge is 0.493 e. The minimum atomic E-state index is -0.516. The minimum absolute atomic E-state index is 0. The van der Waals surface area contributed by atoms with Crippen LogP contribution in [0.15, 0.2) is 39.5 Å². The maximum absolute atomic E-state index is 12.9. The molecule has 0 aliphatic carbocycles. The van der Waals surface area contributed by atoms with Crippen molar-refractivity contribution < 1.29 is 18.7 Å². The van der Waals surface area contributed by atoms with Crippen molar-refractivity contribution in [1.82, 2.24) is 0 Å². The molecule has 6 heteroatoms. The number of unbranched alkanes of at least 4 members (excludes halogenated alkanes) is 3. The third kappa shape index (κ3) is 8.77. The number of benzene rings is 1. The Bertz CT molecular complexity index is 951. The Hall–Kier alpha value is -1.87. The Labute approximate surface area is 202 Å². The molecule has 1 aromatic carbocycles. The lowest BCUT2D eigenvalue weighted by molar-refractivity contribution is -0.164. The summed E-state index contributed by atoms with van der Waals surface area (Å²) >= 11 is 0. The van der Waals surface area contributed by atoms with Crippen molar-refractivity contribution in [2.75, 3.05) is 13.2 Å². The Morgan fingerprint density at radius 1 is 0.879 bits per heavy atom. The van der Waals surface area contributed by atoms with Gasteiger partial charge in [0, 0.05) is 17.5 Å². The van der Waals surface area contributed by atoms with Crippen LogP contribution in [0.1, 0.15) is 80.6 Å². The third-order valence-electron chi connectivity index (χ3n) is 6.12. The predicted octanol–water partition coefficient (Wildman–Crippen LogP) is 6.82. The zero-order chi connectivity index (χ0) is 24.0. The van der Waals surface area contributed by atoms with Crippen LogP contribution in [0.3, 0.4) is 0 Å². The minimum Gasteiger partial charge on any atom is -0.493 e. The molecule has 2 aromatic rings. The Balaban J connectivity index is 0.00000544. The molecule has 186 valence electrons. The van der Waals surface area contributed by atoms with Gasteiger partial charge in [0.15, 0.2) is 0 Å². The molecule has 2 rings (SSSR count). The summed E-state index contributed by atoms with van der Waals surface area (Å²) in [5, 5.41) is 0.872. The maximum Gasteiger partial charge on any atom is 0.336 e. The molecule has 0 radical (unpaired) electrons. The zero-order valence-electron chi connectivity index (χ0n) is 21.6. The van der Waals surface area contributed by atoms with Gasteiger partial charge in [-0.2, -0.15) is 9.90 Å². The molecule has 5 nitrogen and oxygen atoms in total. The first kappa shape index (κ1) is 29.2. The number of rotatable bonds is 10. The lowest BCUT2D eigenvalue weighted by Gasteiger charge is -2.43. The second-order valence-corrected chi connectivity index (χ2v) is 11.2. The fraction of sp³-hybridized carbons (Fsp3) is 0.630. The molecule has 33 heavy (non-hydrogen) atoms. The molecule has 2 unspecified atom stereocenters. The van der Waals surface area contributed by atoms with E-state index in [4.69, 9.17) is 13.9 Å². The maximum atomic E-state index is 12.9. The van der Waals surface area contributed by atoms with Gasteiger partial charge in [-0.05, 0) is 68.1 Å². The van der Waals surface area contributed by atoms with E-state index in [1.165, 1.54) is 6.07 Å². The fourth-order valence-electron chi connectivity index (χ4n) is 3.91. The molecular weight excluding hydrogens is 435 g/mol. The average molecular weight is 479 g/mol. The van der Waals surface area contributed by atoms with E-state index in [-0.39, 0.29) is 32.3 Å². The lowest BCUT2D eigenvalue weighted by atomic mass is 9.61. The highest BCUT2D eigenvalue weighted by atomic mass is 31.0. The smallest absolute Gasteiger partial charge is 0.336 e. The van der Waals surface area contributed by atoms with E-state index in [1.54, 1.807) is 12.1 Å². The summed E-state index contributed by atoms with van der Waals surface area (Å²) in [5.74, 6) is 0.604. The van der Waals surface area contributed by atoms with E-state index >= 15 is 0 Å². The molecule has 2 atom stereocenters. The summed E-state index contributed by atoms with van der Waals surface area (Å²) in [6.45, 7) is 15.9. The number of hydrogen-bond donors (Lipinski definition) is 0. The van der Waals surface area contributed by atoms with Gasteiger partial charge in [-0.15, -0.1) is 0 Å². The topological polar surface area (TPSA) is 65.7 Å². The van der Waals surface area contributed by atoms with Crippen molar-refractivity contribution in [1.29, 1.82) is 0 Å². The van der Waals surface area contributed by atoms with Crippen LogP contribution < -0.4 is 10.4 Å². The number of hydrogen-bond acceptors (Lipinski definition) is 5. The molecule has 0 aliphatic rings. The van der Waals surface area contributed by atoms with Gasteiger partial charge < -0.3 is 13.9 Å². The lowest BCUT2D eigenvalue weighted by Crippen LogP contribution is -2.44. The summed E-state index contributed by atoms with van der Waals surface area (Å²) in [6, 6.07) is 8.66. The van der Waals surface area contributed by atoms with Gasteiger partial charge in [-0.3, -0.25) is 4.79 Å². The van der Waals surface area contributed by atoms with Crippen LogP contribution in [-0.4, -0.2) is 19.2 Å². The van der Waals surface area contributed by atoms with Crippen molar-refractivity contribution >= 4 is 26.8 Å². The van der Waals surface area contributed by atoms with Crippen molar-refractivity contribution in [3.8, 4) is 5.75 Å². The zero-order valence-corrected chi connectivity index (χ0v) is 23.0. The Morgan fingerprint density at radius 3 is 2.09 bits per heavy atom. The van der Waals surface area contributed by atoms with Gasteiger partial charge in [-0.25, -0.2) is 4.79 Å². The van der Waals surface area contributed by atoms with E-state index in [2.05, 4.69) is 41.5 Å². The molecule has 1 aromatic heterocycles. The van der Waals surface area contributed by atoms with Crippen LogP contribution in [0.5, 0.6) is 5.75 Å². The molecule has 0 spiro atoms. The normalized spacial score (nSPS) is 13.8. The highest BCUT2D eigenvalue weighted by Crippen LogP contribution is 2.47. The van der Waals surface area contributed by atoms with Gasteiger partial charge in [0.05, 0.1) is 18.6 Å². The number of fused-ring (bicyclic) bond motifs is 1. The quantitative estimate of drug-likeness (QED) is 0.162. The predicted molar refractivity (Wildman–Crippen MR) is 140 cm³/mol.